The Kier molecular flexibility index (Phi) is 9.00. The Morgan fingerprint density at radius 1 is 1.13 bits per heavy atom. The Hall–Kier alpha value is -3.45. The van der Waals surface area contributed by atoms with E-state index in [2.05, 4.69) is 60.4 Å². The van der Waals surface area contributed by atoms with E-state index in [4.69, 9.17) is 26.1 Å². The fourth-order valence-electron chi connectivity index (χ4n) is 4.90. The highest BCUT2D eigenvalue weighted by Gasteiger charge is 2.28. The molecule has 1 amide bonds. The lowest BCUT2D eigenvalue weighted by Crippen LogP contribution is -2.46. The highest BCUT2D eigenvalue weighted by atomic mass is 35.5. The quantitative estimate of drug-likeness (QED) is 0.343. The smallest absolute Gasteiger partial charge is 0.220 e. The van der Waals surface area contributed by atoms with Crippen LogP contribution in [0.5, 0.6) is 11.5 Å². The van der Waals surface area contributed by atoms with Crippen LogP contribution in [0.4, 0.5) is 0 Å². The molecule has 3 aromatic rings. The van der Waals surface area contributed by atoms with Crippen LogP contribution in [0.15, 0.2) is 60.4 Å². The zero-order valence-electron chi connectivity index (χ0n) is 22.8. The minimum absolute atomic E-state index is 0.0372. The number of pyridine rings is 1. The van der Waals surface area contributed by atoms with Crippen molar-refractivity contribution in [1.82, 2.24) is 20.1 Å². The van der Waals surface area contributed by atoms with E-state index in [-0.39, 0.29) is 18.0 Å². The first-order valence-corrected chi connectivity index (χ1v) is 13.4. The minimum Gasteiger partial charge on any atom is -0.493 e. The molecule has 0 spiro atoms. The molecule has 1 N–H and O–H groups in total. The van der Waals surface area contributed by atoms with Gasteiger partial charge in [-0.2, -0.15) is 0 Å². The Labute approximate surface area is 230 Å². The molecule has 0 saturated carbocycles. The van der Waals surface area contributed by atoms with Gasteiger partial charge in [0, 0.05) is 30.8 Å². The van der Waals surface area contributed by atoms with Crippen LogP contribution in [0.2, 0.25) is 5.02 Å². The van der Waals surface area contributed by atoms with E-state index in [1.54, 1.807) is 14.2 Å². The molecule has 2 atom stereocenters. The van der Waals surface area contributed by atoms with E-state index in [0.29, 0.717) is 36.0 Å². The van der Waals surface area contributed by atoms with Gasteiger partial charge in [0.05, 0.1) is 43.5 Å². The summed E-state index contributed by atoms with van der Waals surface area (Å²) in [5, 5.41) is 4.84. The van der Waals surface area contributed by atoms with Crippen molar-refractivity contribution in [2.24, 2.45) is 5.92 Å². The Morgan fingerprint density at radius 2 is 1.92 bits per heavy atom. The number of benzene rings is 2. The van der Waals surface area contributed by atoms with Crippen molar-refractivity contribution in [1.29, 1.82) is 0 Å². The molecule has 1 aliphatic rings. The molecule has 0 fully saturated rings. The third-order valence-corrected chi connectivity index (χ3v) is 7.63. The average Bonchev–Trinajstić information content (AvgIpc) is 3.18. The number of fused-ring (bicyclic) bond motifs is 1. The maximum Gasteiger partial charge on any atom is 0.220 e. The highest BCUT2D eigenvalue weighted by molar-refractivity contribution is 6.33. The number of likely N-dealkylation sites (N-methyl/N-ethyl adjacent to an activating group) is 1. The molecule has 0 saturated heterocycles. The second-order valence-corrected chi connectivity index (χ2v) is 10.3. The molecule has 2 aromatic carbocycles. The number of nitrogens with one attached hydrogen (secondary N) is 1. The molecule has 0 radical (unpaired) electrons. The van der Waals surface area contributed by atoms with Crippen LogP contribution in [-0.4, -0.2) is 54.7 Å². The van der Waals surface area contributed by atoms with Gasteiger partial charge in [0.25, 0.3) is 0 Å². The number of carbonyl (C=O) groups excluding carboxylic acids is 1. The Bertz CT molecular complexity index is 1310. The first-order valence-electron chi connectivity index (χ1n) is 13.0. The van der Waals surface area contributed by atoms with Crippen LogP contribution in [0, 0.1) is 5.92 Å². The molecular formula is C30H37ClN4O3. The van der Waals surface area contributed by atoms with E-state index in [1.165, 1.54) is 0 Å². The first kappa shape index (κ1) is 27.6. The van der Waals surface area contributed by atoms with Gasteiger partial charge in [0.1, 0.15) is 6.17 Å². The highest BCUT2D eigenvalue weighted by Crippen LogP contribution is 2.38. The van der Waals surface area contributed by atoms with Crippen LogP contribution in [-0.2, 0) is 17.8 Å². The van der Waals surface area contributed by atoms with Crippen molar-refractivity contribution < 1.29 is 14.3 Å². The number of methoxy groups -OCH3 is 2. The van der Waals surface area contributed by atoms with Crippen LogP contribution < -0.4 is 14.8 Å². The van der Waals surface area contributed by atoms with Gasteiger partial charge in [-0.1, -0.05) is 48.9 Å². The summed E-state index contributed by atoms with van der Waals surface area (Å²) < 4.78 is 10.7. The number of rotatable bonds is 11. The molecule has 2 heterocycles. The lowest BCUT2D eigenvalue weighted by molar-refractivity contribution is -0.121. The van der Waals surface area contributed by atoms with Crippen molar-refractivity contribution in [3.05, 3.63) is 76.7 Å². The van der Waals surface area contributed by atoms with Gasteiger partial charge in [-0.25, -0.2) is 0 Å². The Morgan fingerprint density at radius 3 is 2.68 bits per heavy atom. The molecule has 2 unspecified atom stereocenters. The molecule has 1 aliphatic heterocycles. The summed E-state index contributed by atoms with van der Waals surface area (Å²) in [6, 6.07) is 16.2. The predicted octanol–water partition coefficient (Wildman–Crippen LogP) is 5.62. The summed E-state index contributed by atoms with van der Waals surface area (Å²) in [7, 11) is 5.24. The fourth-order valence-corrected chi connectivity index (χ4v) is 5.21. The van der Waals surface area contributed by atoms with Crippen LogP contribution in [0.25, 0.3) is 10.9 Å². The SMILES string of the molecule is COc1ccc(CC(C)CCC(=O)NCC2N(Cc3ccc4ccccc4n3)C=C(C)N2C)c(Cl)c1OC. The van der Waals surface area contributed by atoms with E-state index >= 15 is 0 Å². The standard InChI is InChI=1S/C30H37ClN4O3/c1-20(16-23-12-14-26(37-4)30(38-5)29(23)31)10-15-27(36)32-17-28-34(3)21(2)18-35(28)19-24-13-11-22-8-6-7-9-25(22)33-24/h6-9,11-14,18,20,28H,10,15-17,19H2,1-5H3,(H,32,36). The third kappa shape index (κ3) is 6.33. The van der Waals surface area contributed by atoms with Gasteiger partial charge < -0.3 is 24.6 Å². The van der Waals surface area contributed by atoms with Gasteiger partial charge in [0.15, 0.2) is 11.5 Å². The van der Waals surface area contributed by atoms with Crippen LogP contribution in [0.1, 0.15) is 37.9 Å². The van der Waals surface area contributed by atoms with E-state index < -0.39 is 0 Å². The number of nitrogens with zero attached hydrogens (tertiary/aromatic N) is 3. The molecule has 38 heavy (non-hydrogen) atoms. The van der Waals surface area contributed by atoms with E-state index in [0.717, 1.165) is 40.7 Å². The number of hydrogen-bond donors (Lipinski definition) is 1. The van der Waals surface area contributed by atoms with Gasteiger partial charge in [-0.3, -0.25) is 9.78 Å². The molecule has 202 valence electrons. The topological polar surface area (TPSA) is 66.9 Å². The van der Waals surface area contributed by atoms with Crippen molar-refractivity contribution >= 4 is 28.4 Å². The van der Waals surface area contributed by atoms with Crippen molar-refractivity contribution in [3.8, 4) is 11.5 Å². The Balaban J connectivity index is 1.29. The van der Waals surface area contributed by atoms with E-state index in [9.17, 15) is 4.79 Å². The van der Waals surface area contributed by atoms with E-state index in [1.807, 2.05) is 30.3 Å². The van der Waals surface area contributed by atoms with Crippen molar-refractivity contribution in [2.45, 2.75) is 45.8 Å². The molecule has 0 aliphatic carbocycles. The molecule has 8 heteroatoms. The van der Waals surface area contributed by atoms with Gasteiger partial charge in [0.2, 0.25) is 5.91 Å². The summed E-state index contributed by atoms with van der Waals surface area (Å²) in [4.78, 5) is 22.0. The number of halogens is 1. The van der Waals surface area contributed by atoms with Gasteiger partial charge in [-0.05, 0) is 49.4 Å². The average molecular weight is 537 g/mol. The first-order chi connectivity index (χ1) is 18.3. The van der Waals surface area contributed by atoms with Gasteiger partial charge >= 0.3 is 0 Å². The zero-order chi connectivity index (χ0) is 27.2. The molecule has 4 rings (SSSR count). The number of ether oxygens (including phenoxy) is 2. The summed E-state index contributed by atoms with van der Waals surface area (Å²) in [5.41, 5.74) is 4.14. The number of carbonyl (C=O) groups is 1. The monoisotopic (exact) mass is 536 g/mol. The number of hydrogen-bond acceptors (Lipinski definition) is 6. The lowest BCUT2D eigenvalue weighted by atomic mass is 9.96. The van der Waals surface area contributed by atoms with Crippen molar-refractivity contribution in [2.75, 3.05) is 27.8 Å². The summed E-state index contributed by atoms with van der Waals surface area (Å²) in [5.74, 6) is 1.49. The summed E-state index contributed by atoms with van der Waals surface area (Å²) in [6.45, 7) is 5.43. The third-order valence-electron chi connectivity index (χ3n) is 7.22. The fraction of sp³-hybridized carbons (Fsp3) is 0.400. The second kappa shape index (κ2) is 12.4. The largest absolute Gasteiger partial charge is 0.493 e. The molecule has 0 bridgehead atoms. The number of amides is 1. The lowest BCUT2D eigenvalue weighted by Gasteiger charge is -2.31. The van der Waals surface area contributed by atoms with Crippen LogP contribution in [0.3, 0.4) is 0 Å². The maximum absolute atomic E-state index is 12.8. The molecular weight excluding hydrogens is 500 g/mol. The zero-order valence-corrected chi connectivity index (χ0v) is 23.6. The van der Waals surface area contributed by atoms with Crippen molar-refractivity contribution in [3.63, 3.8) is 0 Å². The predicted molar refractivity (Wildman–Crippen MR) is 152 cm³/mol. The normalized spacial score (nSPS) is 15.9. The maximum atomic E-state index is 12.8. The van der Waals surface area contributed by atoms with Crippen LogP contribution >= 0.6 is 11.6 Å². The van der Waals surface area contributed by atoms with Gasteiger partial charge in [-0.15, -0.1) is 0 Å². The summed E-state index contributed by atoms with van der Waals surface area (Å²) >= 11 is 6.54. The minimum atomic E-state index is 0.0372. The number of para-hydroxylation sites is 1. The molecule has 1 aromatic heterocycles. The summed E-state index contributed by atoms with van der Waals surface area (Å²) in [6.07, 6.45) is 4.16. The molecule has 7 nitrogen and oxygen atoms in total. The number of allylic oxidation sites excluding steroid dienone is 1. The second-order valence-electron chi connectivity index (χ2n) is 9.96. The number of aromatic nitrogens is 1.